The number of amides is 1. The Bertz CT molecular complexity index is 1030. The molecule has 1 aromatic carbocycles. The lowest BCUT2D eigenvalue weighted by Crippen LogP contribution is -2.16. The average Bonchev–Trinajstić information content (AvgIpc) is 3.25. The first-order valence-corrected chi connectivity index (χ1v) is 8.19. The summed E-state index contributed by atoms with van der Waals surface area (Å²) in [5.74, 6) is -0.274. The van der Waals surface area contributed by atoms with Gasteiger partial charge >= 0.3 is 5.91 Å². The van der Waals surface area contributed by atoms with Crippen LogP contribution in [0.5, 0.6) is 0 Å². The molecule has 8 nitrogen and oxygen atoms in total. The number of carbonyl (C=O) groups excluding carboxylic acids is 1. The number of non-ortho nitro benzene ring substituents is 1. The van der Waals surface area contributed by atoms with E-state index in [1.807, 2.05) is 31.4 Å². The summed E-state index contributed by atoms with van der Waals surface area (Å²) < 4.78 is 6.93. The summed E-state index contributed by atoms with van der Waals surface area (Å²) in [5, 5.41) is 15.1. The zero-order chi connectivity index (χ0) is 19.6. The number of nitro groups is 1. The molecular weight excluding hydrogens is 348 g/mol. The predicted molar refractivity (Wildman–Crippen MR) is 100 cm³/mol. The predicted octanol–water partition coefficient (Wildman–Crippen LogP) is 3.67. The van der Waals surface area contributed by atoms with Crippen LogP contribution in [0, 0.1) is 30.9 Å². The van der Waals surface area contributed by atoms with Crippen LogP contribution in [0.3, 0.4) is 0 Å². The van der Waals surface area contributed by atoms with Crippen molar-refractivity contribution in [2.75, 3.05) is 0 Å². The quantitative estimate of drug-likeness (QED) is 0.423. The van der Waals surface area contributed by atoms with Gasteiger partial charge in [0.2, 0.25) is 0 Å². The molecule has 0 aliphatic heterocycles. The fourth-order valence-electron chi connectivity index (χ4n) is 2.86. The highest BCUT2D eigenvalue weighted by atomic mass is 16.6. The number of hydrogen-bond donors (Lipinski definition) is 1. The molecule has 0 unspecified atom stereocenters. The van der Waals surface area contributed by atoms with E-state index in [0.29, 0.717) is 0 Å². The van der Waals surface area contributed by atoms with Crippen LogP contribution in [-0.4, -0.2) is 21.6 Å². The third-order valence-corrected chi connectivity index (χ3v) is 4.23. The van der Waals surface area contributed by atoms with Gasteiger partial charge in [-0.3, -0.25) is 14.9 Å². The molecule has 0 saturated carbocycles. The number of carbonyl (C=O) groups is 1. The molecule has 138 valence electrons. The zero-order valence-corrected chi connectivity index (χ0v) is 15.1. The number of hydrogen-bond acceptors (Lipinski definition) is 5. The Morgan fingerprint density at radius 3 is 2.70 bits per heavy atom. The summed E-state index contributed by atoms with van der Waals surface area (Å²) in [5.41, 5.74) is 6.62. The van der Waals surface area contributed by atoms with Crippen LogP contribution in [0.2, 0.25) is 0 Å². The van der Waals surface area contributed by atoms with Gasteiger partial charge in [0.25, 0.3) is 5.69 Å². The van der Waals surface area contributed by atoms with Crippen LogP contribution in [0.15, 0.2) is 52.2 Å². The molecule has 0 radical (unpaired) electrons. The third kappa shape index (κ3) is 3.64. The number of furan rings is 1. The maximum Gasteiger partial charge on any atom is 0.307 e. The number of hydrazone groups is 1. The van der Waals surface area contributed by atoms with Crippen LogP contribution in [0.4, 0.5) is 5.69 Å². The summed E-state index contributed by atoms with van der Waals surface area (Å²) >= 11 is 0. The van der Waals surface area contributed by atoms with E-state index >= 15 is 0 Å². The zero-order valence-electron chi connectivity index (χ0n) is 15.1. The molecular formula is C19H18N4O4. The highest BCUT2D eigenvalue weighted by Crippen LogP contribution is 2.26. The van der Waals surface area contributed by atoms with Crippen molar-refractivity contribution in [2.45, 2.75) is 20.8 Å². The highest BCUT2D eigenvalue weighted by Gasteiger charge is 2.15. The molecule has 3 rings (SSSR count). The Hall–Kier alpha value is -3.68. The maximum absolute atomic E-state index is 11.8. The van der Waals surface area contributed by atoms with E-state index in [9.17, 15) is 14.9 Å². The van der Waals surface area contributed by atoms with E-state index in [0.717, 1.165) is 28.2 Å². The number of nitrogens with one attached hydrogen (secondary N) is 1. The van der Waals surface area contributed by atoms with Crippen molar-refractivity contribution in [3.05, 3.63) is 81.1 Å². The van der Waals surface area contributed by atoms with Gasteiger partial charge in [-0.25, -0.2) is 5.43 Å². The summed E-state index contributed by atoms with van der Waals surface area (Å²) in [6.07, 6.45) is 2.94. The lowest BCUT2D eigenvalue weighted by molar-refractivity contribution is -0.384. The van der Waals surface area contributed by atoms with E-state index in [1.54, 1.807) is 24.3 Å². The minimum atomic E-state index is -0.445. The first-order chi connectivity index (χ1) is 12.9. The van der Waals surface area contributed by atoms with Gasteiger partial charge < -0.3 is 8.98 Å². The number of nitro benzene ring substituents is 1. The lowest BCUT2D eigenvalue weighted by atomic mass is 10.1. The Morgan fingerprint density at radius 2 is 2.04 bits per heavy atom. The Kier molecular flexibility index (Phi) is 4.89. The van der Waals surface area contributed by atoms with Crippen molar-refractivity contribution in [2.24, 2.45) is 5.10 Å². The van der Waals surface area contributed by atoms with Crippen molar-refractivity contribution in [3.63, 3.8) is 0 Å². The van der Waals surface area contributed by atoms with Gasteiger partial charge in [0.15, 0.2) is 5.76 Å². The minimum Gasteiger partial charge on any atom is -0.459 e. The van der Waals surface area contributed by atoms with E-state index in [1.165, 1.54) is 18.5 Å². The molecule has 0 aliphatic rings. The molecule has 3 aromatic rings. The van der Waals surface area contributed by atoms with Crippen LogP contribution in [0.25, 0.3) is 5.69 Å². The van der Waals surface area contributed by atoms with Gasteiger partial charge in [-0.2, -0.15) is 5.10 Å². The molecule has 2 aromatic heterocycles. The number of benzene rings is 1. The SMILES string of the molecule is Cc1ccc([N+](=O)[O-])cc1-n1c(C)cc(/C=N\NC(=O)c2ccco2)c1C. The van der Waals surface area contributed by atoms with Crippen LogP contribution in [-0.2, 0) is 0 Å². The van der Waals surface area contributed by atoms with Crippen molar-refractivity contribution in [3.8, 4) is 5.69 Å². The molecule has 2 heterocycles. The largest absolute Gasteiger partial charge is 0.459 e. The van der Waals surface area contributed by atoms with Gasteiger partial charge in [-0.1, -0.05) is 6.07 Å². The number of nitrogens with zero attached hydrogens (tertiary/aromatic N) is 3. The van der Waals surface area contributed by atoms with E-state index in [2.05, 4.69) is 10.5 Å². The summed E-state index contributed by atoms with van der Waals surface area (Å²) in [7, 11) is 0. The second kappa shape index (κ2) is 7.28. The number of aromatic nitrogens is 1. The Labute approximate surface area is 155 Å². The summed E-state index contributed by atoms with van der Waals surface area (Å²) in [4.78, 5) is 22.5. The van der Waals surface area contributed by atoms with Crippen molar-refractivity contribution in [1.29, 1.82) is 0 Å². The lowest BCUT2D eigenvalue weighted by Gasteiger charge is -2.12. The Balaban J connectivity index is 1.89. The molecule has 0 saturated heterocycles. The molecule has 8 heteroatoms. The Morgan fingerprint density at radius 1 is 1.26 bits per heavy atom. The van der Waals surface area contributed by atoms with Crippen molar-refractivity contribution >= 4 is 17.8 Å². The van der Waals surface area contributed by atoms with Gasteiger partial charge in [0.05, 0.1) is 23.1 Å². The second-order valence-electron chi connectivity index (χ2n) is 6.07. The number of aryl methyl sites for hydroxylation is 2. The van der Waals surface area contributed by atoms with E-state index in [4.69, 9.17) is 4.42 Å². The summed E-state index contributed by atoms with van der Waals surface area (Å²) in [6, 6.07) is 9.82. The topological polar surface area (TPSA) is 103 Å². The van der Waals surface area contributed by atoms with E-state index < -0.39 is 10.8 Å². The fraction of sp³-hybridized carbons (Fsp3) is 0.158. The molecule has 0 aliphatic carbocycles. The normalized spacial score (nSPS) is 11.1. The minimum absolute atomic E-state index is 0.0315. The molecule has 1 N–H and O–H groups in total. The van der Waals surface area contributed by atoms with Crippen molar-refractivity contribution < 1.29 is 14.1 Å². The smallest absolute Gasteiger partial charge is 0.307 e. The van der Waals surface area contributed by atoms with Gasteiger partial charge in [-0.05, 0) is 44.5 Å². The molecule has 0 atom stereocenters. The molecule has 1 amide bonds. The van der Waals surface area contributed by atoms with Gasteiger partial charge in [0.1, 0.15) is 0 Å². The van der Waals surface area contributed by atoms with Crippen LogP contribution >= 0.6 is 0 Å². The number of rotatable bonds is 5. The molecule has 0 spiro atoms. The van der Waals surface area contributed by atoms with Gasteiger partial charge in [-0.15, -0.1) is 0 Å². The van der Waals surface area contributed by atoms with Gasteiger partial charge in [0, 0.05) is 29.1 Å². The summed E-state index contributed by atoms with van der Waals surface area (Å²) in [6.45, 7) is 5.69. The molecule has 0 bridgehead atoms. The maximum atomic E-state index is 11.8. The van der Waals surface area contributed by atoms with Crippen molar-refractivity contribution in [1.82, 2.24) is 9.99 Å². The first kappa shape index (κ1) is 18.1. The van der Waals surface area contributed by atoms with E-state index in [-0.39, 0.29) is 11.4 Å². The molecule has 27 heavy (non-hydrogen) atoms. The first-order valence-electron chi connectivity index (χ1n) is 8.19. The fourth-order valence-corrected chi connectivity index (χ4v) is 2.86. The van der Waals surface area contributed by atoms with Crippen LogP contribution < -0.4 is 5.43 Å². The van der Waals surface area contributed by atoms with Crippen LogP contribution in [0.1, 0.15) is 33.1 Å². The standard InChI is InChI=1S/C19H18N4O4/c1-12-6-7-16(23(25)26)10-17(12)22-13(2)9-15(14(22)3)11-20-21-19(24)18-5-4-8-27-18/h4-11H,1-3H3,(H,21,24)/b20-11-. The second-order valence-corrected chi connectivity index (χ2v) is 6.07. The third-order valence-electron chi connectivity index (χ3n) is 4.23. The highest BCUT2D eigenvalue weighted by molar-refractivity contribution is 5.92. The average molecular weight is 366 g/mol. The monoisotopic (exact) mass is 366 g/mol. The molecule has 0 fully saturated rings.